The second kappa shape index (κ2) is 5.05. The van der Waals surface area contributed by atoms with E-state index >= 15 is 0 Å². The van der Waals surface area contributed by atoms with Gasteiger partial charge in [0.2, 0.25) is 0 Å². The van der Waals surface area contributed by atoms with E-state index in [1.54, 1.807) is 12.5 Å². The monoisotopic (exact) mass is 258 g/mol. The lowest BCUT2D eigenvalue weighted by Crippen LogP contribution is -2.07. The number of nitrogens with zero attached hydrogens (tertiary/aromatic N) is 2. The molecule has 1 heterocycles. The van der Waals surface area contributed by atoms with Crippen LogP contribution in [-0.2, 0) is 6.54 Å². The predicted octanol–water partition coefficient (Wildman–Crippen LogP) is 2.53. The minimum Gasteiger partial charge on any atom is -0.490 e. The molecule has 0 amide bonds. The summed E-state index contributed by atoms with van der Waals surface area (Å²) in [6, 6.07) is 7.66. The zero-order valence-electron chi connectivity index (χ0n) is 11.0. The van der Waals surface area contributed by atoms with Gasteiger partial charge in [-0.1, -0.05) is 12.1 Å². The molecular formula is C15H18N2O2. The molecule has 3 rings (SSSR count). The Kier molecular flexibility index (Phi) is 3.25. The molecule has 1 atom stereocenters. The van der Waals surface area contributed by atoms with Crippen molar-refractivity contribution in [3.8, 4) is 5.75 Å². The van der Waals surface area contributed by atoms with Crippen LogP contribution >= 0.6 is 0 Å². The molecule has 1 aromatic carbocycles. The van der Waals surface area contributed by atoms with Gasteiger partial charge in [-0.15, -0.1) is 0 Å². The van der Waals surface area contributed by atoms with Crippen molar-refractivity contribution >= 4 is 0 Å². The highest BCUT2D eigenvalue weighted by molar-refractivity contribution is 5.32. The van der Waals surface area contributed by atoms with E-state index in [4.69, 9.17) is 4.74 Å². The van der Waals surface area contributed by atoms with Gasteiger partial charge in [0.05, 0.1) is 24.3 Å². The molecule has 0 spiro atoms. The molecule has 1 N–H and O–H groups in total. The summed E-state index contributed by atoms with van der Waals surface area (Å²) in [5.74, 6) is 0.877. The van der Waals surface area contributed by atoms with Gasteiger partial charge in [-0.3, -0.25) is 0 Å². The molecule has 1 unspecified atom stereocenters. The number of benzene rings is 1. The van der Waals surface area contributed by atoms with Crippen LogP contribution in [0.15, 0.2) is 36.8 Å². The van der Waals surface area contributed by atoms with Gasteiger partial charge >= 0.3 is 0 Å². The smallest absolute Gasteiger partial charge is 0.121 e. The third-order valence-corrected chi connectivity index (χ3v) is 3.39. The third kappa shape index (κ3) is 2.63. The number of aromatic nitrogens is 2. The van der Waals surface area contributed by atoms with E-state index in [2.05, 4.69) is 4.98 Å². The zero-order valence-corrected chi connectivity index (χ0v) is 11.0. The Bertz CT molecular complexity index is 544. The summed E-state index contributed by atoms with van der Waals surface area (Å²) >= 11 is 0. The number of aliphatic hydroxyl groups excluding tert-OH is 1. The van der Waals surface area contributed by atoms with Crippen molar-refractivity contribution in [2.24, 2.45) is 0 Å². The molecular weight excluding hydrogens is 240 g/mol. The fourth-order valence-corrected chi connectivity index (χ4v) is 2.10. The molecule has 1 aliphatic rings. The van der Waals surface area contributed by atoms with Gasteiger partial charge < -0.3 is 14.4 Å². The summed E-state index contributed by atoms with van der Waals surface area (Å²) in [5, 5.41) is 10.4. The van der Waals surface area contributed by atoms with E-state index in [0.29, 0.717) is 6.10 Å². The van der Waals surface area contributed by atoms with Crippen molar-refractivity contribution in [2.75, 3.05) is 0 Å². The maximum Gasteiger partial charge on any atom is 0.121 e. The molecule has 0 radical (unpaired) electrons. The van der Waals surface area contributed by atoms with Crippen LogP contribution in [0.5, 0.6) is 5.75 Å². The van der Waals surface area contributed by atoms with Crippen LogP contribution in [-0.4, -0.2) is 20.8 Å². The lowest BCUT2D eigenvalue weighted by molar-refractivity contribution is 0.210. The molecule has 19 heavy (non-hydrogen) atoms. The first-order valence-electron chi connectivity index (χ1n) is 6.72. The molecule has 4 nitrogen and oxygen atoms in total. The van der Waals surface area contributed by atoms with Crippen molar-refractivity contribution in [1.82, 2.24) is 9.55 Å². The highest BCUT2D eigenvalue weighted by Gasteiger charge is 2.23. The lowest BCUT2D eigenvalue weighted by Gasteiger charge is -2.13. The summed E-state index contributed by atoms with van der Waals surface area (Å²) in [5.41, 5.74) is 1.68. The number of aryl methyl sites for hydroxylation is 1. The van der Waals surface area contributed by atoms with Gasteiger partial charge in [0, 0.05) is 6.54 Å². The van der Waals surface area contributed by atoms with Crippen LogP contribution in [0.25, 0.3) is 0 Å². The normalized spacial score (nSPS) is 16.3. The molecule has 1 fully saturated rings. The molecule has 0 bridgehead atoms. The van der Waals surface area contributed by atoms with Crippen LogP contribution in [0.1, 0.15) is 37.1 Å². The Morgan fingerprint density at radius 3 is 2.74 bits per heavy atom. The maximum atomic E-state index is 10.4. The van der Waals surface area contributed by atoms with Crippen LogP contribution in [0.4, 0.5) is 0 Å². The fraction of sp³-hybridized carbons (Fsp3) is 0.400. The van der Waals surface area contributed by atoms with E-state index in [0.717, 1.165) is 36.4 Å². The second-order valence-corrected chi connectivity index (χ2v) is 4.89. The van der Waals surface area contributed by atoms with Crippen molar-refractivity contribution in [2.45, 2.75) is 38.5 Å². The van der Waals surface area contributed by atoms with Crippen molar-refractivity contribution < 1.29 is 9.84 Å². The van der Waals surface area contributed by atoms with Crippen LogP contribution in [0.2, 0.25) is 0 Å². The van der Waals surface area contributed by atoms with Gasteiger partial charge in [0.15, 0.2) is 0 Å². The Balaban J connectivity index is 1.77. The first-order valence-corrected chi connectivity index (χ1v) is 6.72. The van der Waals surface area contributed by atoms with E-state index in [9.17, 15) is 5.11 Å². The van der Waals surface area contributed by atoms with Crippen LogP contribution in [0, 0.1) is 0 Å². The maximum absolute atomic E-state index is 10.4. The van der Waals surface area contributed by atoms with E-state index < -0.39 is 6.10 Å². The highest BCUT2D eigenvalue weighted by Crippen LogP contribution is 2.28. The fourth-order valence-electron chi connectivity index (χ4n) is 2.10. The summed E-state index contributed by atoms with van der Waals surface area (Å²) in [7, 11) is 0. The van der Waals surface area contributed by atoms with E-state index in [-0.39, 0.29) is 0 Å². The summed E-state index contributed by atoms with van der Waals surface area (Å²) < 4.78 is 7.64. The predicted molar refractivity (Wildman–Crippen MR) is 72.1 cm³/mol. The molecule has 0 saturated heterocycles. The molecule has 100 valence electrons. The standard InChI is InChI=1S/C15H18N2O2/c1-2-17-10-16-9-14(17)15(18)11-3-5-12(6-4-11)19-13-7-8-13/h3-6,9-10,13,15,18H,2,7-8H2,1H3. The highest BCUT2D eigenvalue weighted by atomic mass is 16.5. The molecule has 1 aromatic heterocycles. The van der Waals surface area contributed by atoms with E-state index in [1.807, 2.05) is 35.8 Å². The largest absolute Gasteiger partial charge is 0.490 e. The number of imidazole rings is 1. The minimum atomic E-state index is -0.641. The number of rotatable bonds is 5. The second-order valence-electron chi connectivity index (χ2n) is 4.89. The molecule has 4 heteroatoms. The van der Waals surface area contributed by atoms with Gasteiger partial charge in [-0.25, -0.2) is 4.98 Å². The first-order chi connectivity index (χ1) is 9.28. The van der Waals surface area contributed by atoms with Crippen LogP contribution < -0.4 is 4.74 Å². The number of hydrogen-bond donors (Lipinski definition) is 1. The summed E-state index contributed by atoms with van der Waals surface area (Å²) in [6.07, 6.45) is 5.51. The number of hydrogen-bond acceptors (Lipinski definition) is 3. The first kappa shape index (κ1) is 12.2. The molecule has 0 aliphatic heterocycles. The van der Waals surface area contributed by atoms with E-state index in [1.165, 1.54) is 0 Å². The topological polar surface area (TPSA) is 47.3 Å². The Morgan fingerprint density at radius 1 is 1.37 bits per heavy atom. The average molecular weight is 258 g/mol. The minimum absolute atomic E-state index is 0.400. The van der Waals surface area contributed by atoms with Gasteiger partial charge in [0.1, 0.15) is 11.9 Å². The van der Waals surface area contributed by atoms with Gasteiger partial charge in [-0.2, -0.15) is 0 Å². The van der Waals surface area contributed by atoms with Gasteiger partial charge in [-0.05, 0) is 37.5 Å². The molecule has 1 saturated carbocycles. The van der Waals surface area contributed by atoms with Crippen molar-refractivity contribution in [3.05, 3.63) is 48.0 Å². The van der Waals surface area contributed by atoms with Crippen molar-refractivity contribution in [1.29, 1.82) is 0 Å². The lowest BCUT2D eigenvalue weighted by atomic mass is 10.1. The number of ether oxygens (including phenoxy) is 1. The summed E-state index contributed by atoms with van der Waals surface area (Å²) in [6.45, 7) is 2.83. The quantitative estimate of drug-likeness (QED) is 0.896. The van der Waals surface area contributed by atoms with Gasteiger partial charge in [0.25, 0.3) is 0 Å². The van der Waals surface area contributed by atoms with Crippen molar-refractivity contribution in [3.63, 3.8) is 0 Å². The Labute approximate surface area is 112 Å². The average Bonchev–Trinajstić information content (AvgIpc) is 3.12. The summed E-state index contributed by atoms with van der Waals surface area (Å²) in [4.78, 5) is 4.08. The molecule has 2 aromatic rings. The third-order valence-electron chi connectivity index (χ3n) is 3.39. The number of aliphatic hydroxyl groups is 1. The molecule has 1 aliphatic carbocycles. The Hall–Kier alpha value is -1.81. The van der Waals surface area contributed by atoms with Crippen LogP contribution in [0.3, 0.4) is 0 Å². The Morgan fingerprint density at radius 2 is 2.11 bits per heavy atom. The SMILES string of the molecule is CCn1cncc1C(O)c1ccc(OC2CC2)cc1. The zero-order chi connectivity index (χ0) is 13.2.